The maximum Gasteiger partial charge on any atom is 0.0119 e. The Kier molecular flexibility index (Phi) is 6.55. The van der Waals surface area contributed by atoms with Crippen LogP contribution in [-0.4, -0.2) is 37.1 Å². The number of nitrogens with zero attached hydrogens (tertiary/aromatic N) is 1. The van der Waals surface area contributed by atoms with E-state index in [1.165, 1.54) is 71.1 Å². The smallest absolute Gasteiger partial charge is 0.0119 e. The average Bonchev–Trinajstić information content (AvgIpc) is 2.87. The fraction of sp³-hybridized carbons (Fsp3) is 1.00. The van der Waals surface area contributed by atoms with Gasteiger partial charge in [-0.15, -0.1) is 0 Å². The monoisotopic (exact) mass is 294 g/mol. The molecule has 1 N–H and O–H groups in total. The third kappa shape index (κ3) is 4.69. The van der Waals surface area contributed by atoms with Gasteiger partial charge in [-0.25, -0.2) is 0 Å². The highest BCUT2D eigenvalue weighted by Gasteiger charge is 2.39. The van der Waals surface area contributed by atoms with E-state index in [2.05, 4.69) is 37.9 Å². The molecule has 0 amide bonds. The summed E-state index contributed by atoms with van der Waals surface area (Å²) in [5.74, 6) is 1.73. The number of nitrogens with one attached hydrogen (secondary N) is 1. The third-order valence-corrected chi connectivity index (χ3v) is 5.83. The van der Waals surface area contributed by atoms with Gasteiger partial charge >= 0.3 is 0 Å². The minimum Gasteiger partial charge on any atom is -0.316 e. The van der Waals surface area contributed by atoms with Gasteiger partial charge in [0.2, 0.25) is 0 Å². The van der Waals surface area contributed by atoms with Crippen molar-refractivity contribution in [3.05, 3.63) is 0 Å². The van der Waals surface area contributed by atoms with Crippen LogP contribution in [0.1, 0.15) is 72.6 Å². The van der Waals surface area contributed by atoms with Gasteiger partial charge in [-0.3, -0.25) is 4.90 Å². The maximum absolute atomic E-state index is 3.76. The van der Waals surface area contributed by atoms with Crippen molar-refractivity contribution in [2.45, 2.75) is 78.7 Å². The molecule has 1 aliphatic heterocycles. The van der Waals surface area contributed by atoms with E-state index in [0.717, 1.165) is 17.9 Å². The second-order valence-electron chi connectivity index (χ2n) is 8.30. The number of likely N-dealkylation sites (tertiary alicyclic amines) is 1. The van der Waals surface area contributed by atoms with Crippen LogP contribution in [0, 0.1) is 17.3 Å². The largest absolute Gasteiger partial charge is 0.316 e. The maximum atomic E-state index is 3.76. The van der Waals surface area contributed by atoms with Crippen molar-refractivity contribution in [1.82, 2.24) is 10.2 Å². The third-order valence-electron chi connectivity index (χ3n) is 5.83. The molecule has 1 heterocycles. The van der Waals surface area contributed by atoms with E-state index < -0.39 is 0 Å². The van der Waals surface area contributed by atoms with E-state index >= 15 is 0 Å². The summed E-state index contributed by atoms with van der Waals surface area (Å²) in [6, 6.07) is 0.838. The number of rotatable bonds is 7. The first-order valence-electron chi connectivity index (χ1n) is 9.51. The van der Waals surface area contributed by atoms with Crippen LogP contribution in [0.25, 0.3) is 0 Å². The zero-order valence-corrected chi connectivity index (χ0v) is 15.0. The molecule has 21 heavy (non-hydrogen) atoms. The highest BCUT2D eigenvalue weighted by molar-refractivity contribution is 4.93. The molecular formula is C19H38N2. The number of hydrogen-bond donors (Lipinski definition) is 1. The summed E-state index contributed by atoms with van der Waals surface area (Å²) in [4.78, 5) is 2.84. The lowest BCUT2D eigenvalue weighted by Crippen LogP contribution is -2.49. The van der Waals surface area contributed by atoms with Crippen molar-refractivity contribution in [2.24, 2.45) is 17.3 Å². The average molecular weight is 295 g/mol. The second kappa shape index (κ2) is 7.97. The summed E-state index contributed by atoms with van der Waals surface area (Å²) < 4.78 is 0. The standard InChI is InChI=1S/C19H38N2/c1-5-11-20-14-19(10-6-8-17(4)13-19)15-21-12-7-9-18(21)16(2)3/h16-18,20H,5-15H2,1-4H3. The van der Waals surface area contributed by atoms with Crippen LogP contribution >= 0.6 is 0 Å². The molecule has 2 heteroatoms. The zero-order chi connectivity index (χ0) is 15.3. The van der Waals surface area contributed by atoms with Crippen molar-refractivity contribution in [3.8, 4) is 0 Å². The summed E-state index contributed by atoms with van der Waals surface area (Å²) in [5, 5.41) is 3.76. The molecule has 0 aromatic heterocycles. The van der Waals surface area contributed by atoms with Crippen molar-refractivity contribution < 1.29 is 0 Å². The first kappa shape index (κ1) is 17.3. The van der Waals surface area contributed by atoms with Gasteiger partial charge < -0.3 is 5.32 Å². The lowest BCUT2D eigenvalue weighted by Gasteiger charge is -2.44. The van der Waals surface area contributed by atoms with Crippen LogP contribution in [0.4, 0.5) is 0 Å². The molecule has 1 saturated heterocycles. The highest BCUT2D eigenvalue weighted by Crippen LogP contribution is 2.41. The molecule has 1 saturated carbocycles. The molecule has 2 aliphatic rings. The minimum atomic E-state index is 0.546. The quantitative estimate of drug-likeness (QED) is 0.704. The van der Waals surface area contributed by atoms with E-state index in [9.17, 15) is 0 Å². The van der Waals surface area contributed by atoms with Crippen LogP contribution in [0.2, 0.25) is 0 Å². The normalized spacial score (nSPS) is 34.7. The van der Waals surface area contributed by atoms with Crippen LogP contribution in [0.5, 0.6) is 0 Å². The SMILES string of the molecule is CCCNCC1(CN2CCCC2C(C)C)CCCC(C)C1. The fourth-order valence-electron chi connectivity index (χ4n) is 4.89. The lowest BCUT2D eigenvalue weighted by molar-refractivity contribution is 0.0642. The van der Waals surface area contributed by atoms with E-state index in [4.69, 9.17) is 0 Å². The van der Waals surface area contributed by atoms with Gasteiger partial charge in [0.25, 0.3) is 0 Å². The van der Waals surface area contributed by atoms with Crippen molar-refractivity contribution in [1.29, 1.82) is 0 Å². The molecule has 2 nitrogen and oxygen atoms in total. The predicted octanol–water partition coefficient (Wildman–Crippen LogP) is 4.30. The van der Waals surface area contributed by atoms with E-state index in [1.54, 1.807) is 0 Å². The highest BCUT2D eigenvalue weighted by atomic mass is 15.2. The summed E-state index contributed by atoms with van der Waals surface area (Å²) in [6.45, 7) is 14.7. The fourth-order valence-corrected chi connectivity index (χ4v) is 4.89. The molecule has 3 unspecified atom stereocenters. The number of hydrogen-bond acceptors (Lipinski definition) is 2. The molecule has 124 valence electrons. The summed E-state index contributed by atoms with van der Waals surface area (Å²) >= 11 is 0. The second-order valence-corrected chi connectivity index (χ2v) is 8.30. The Bertz CT molecular complexity index is 302. The Hall–Kier alpha value is -0.0800. The molecule has 0 spiro atoms. The predicted molar refractivity (Wildman–Crippen MR) is 92.7 cm³/mol. The molecule has 2 rings (SSSR count). The van der Waals surface area contributed by atoms with Crippen LogP contribution in [0.3, 0.4) is 0 Å². The Balaban J connectivity index is 2.00. The van der Waals surface area contributed by atoms with Gasteiger partial charge in [0.1, 0.15) is 0 Å². The van der Waals surface area contributed by atoms with Gasteiger partial charge in [0, 0.05) is 19.1 Å². The Labute approximate surface area is 133 Å². The summed E-state index contributed by atoms with van der Waals surface area (Å²) in [6.07, 6.45) is 9.85. The molecule has 0 aromatic carbocycles. The first-order valence-corrected chi connectivity index (χ1v) is 9.51. The van der Waals surface area contributed by atoms with E-state index in [-0.39, 0.29) is 0 Å². The minimum absolute atomic E-state index is 0.546. The molecular weight excluding hydrogens is 256 g/mol. The van der Waals surface area contributed by atoms with Gasteiger partial charge in [0.05, 0.1) is 0 Å². The molecule has 3 atom stereocenters. The molecule has 0 radical (unpaired) electrons. The summed E-state index contributed by atoms with van der Waals surface area (Å²) in [5.41, 5.74) is 0.546. The van der Waals surface area contributed by atoms with Gasteiger partial charge in [0.15, 0.2) is 0 Å². The van der Waals surface area contributed by atoms with Crippen molar-refractivity contribution >= 4 is 0 Å². The Morgan fingerprint density at radius 2 is 2.05 bits per heavy atom. The van der Waals surface area contributed by atoms with Crippen LogP contribution in [-0.2, 0) is 0 Å². The van der Waals surface area contributed by atoms with Gasteiger partial charge in [-0.1, -0.05) is 40.5 Å². The van der Waals surface area contributed by atoms with Crippen LogP contribution < -0.4 is 5.32 Å². The molecule has 0 bridgehead atoms. The van der Waals surface area contributed by atoms with Crippen molar-refractivity contribution in [2.75, 3.05) is 26.2 Å². The van der Waals surface area contributed by atoms with E-state index in [1.807, 2.05) is 0 Å². The lowest BCUT2D eigenvalue weighted by atomic mass is 9.69. The molecule has 0 aromatic rings. The van der Waals surface area contributed by atoms with Crippen molar-refractivity contribution in [3.63, 3.8) is 0 Å². The molecule has 1 aliphatic carbocycles. The molecule has 2 fully saturated rings. The first-order chi connectivity index (χ1) is 10.1. The van der Waals surface area contributed by atoms with Gasteiger partial charge in [-0.2, -0.15) is 0 Å². The van der Waals surface area contributed by atoms with Gasteiger partial charge in [-0.05, 0) is 62.4 Å². The Morgan fingerprint density at radius 3 is 2.71 bits per heavy atom. The topological polar surface area (TPSA) is 15.3 Å². The zero-order valence-electron chi connectivity index (χ0n) is 15.0. The van der Waals surface area contributed by atoms with E-state index in [0.29, 0.717) is 5.41 Å². The summed E-state index contributed by atoms with van der Waals surface area (Å²) in [7, 11) is 0. The Morgan fingerprint density at radius 1 is 1.24 bits per heavy atom. The van der Waals surface area contributed by atoms with Crippen LogP contribution in [0.15, 0.2) is 0 Å².